The molecule has 0 aliphatic rings. The highest BCUT2D eigenvalue weighted by Crippen LogP contribution is 2.18. The second kappa shape index (κ2) is 3.88. The van der Waals surface area contributed by atoms with Crippen molar-refractivity contribution in [3.8, 4) is 0 Å². The summed E-state index contributed by atoms with van der Waals surface area (Å²) in [5.74, 6) is -3.31. The van der Waals surface area contributed by atoms with Crippen molar-refractivity contribution in [1.82, 2.24) is 0 Å². The van der Waals surface area contributed by atoms with Gasteiger partial charge in [0.15, 0.2) is 0 Å². The summed E-state index contributed by atoms with van der Waals surface area (Å²) in [6.45, 7) is 1.56. The van der Waals surface area contributed by atoms with Crippen LogP contribution in [0.1, 0.15) is 19.8 Å². The molecule has 1 atom stereocenters. The molecule has 0 spiro atoms. The topological polar surface area (TPSA) is 80.9 Å². The van der Waals surface area contributed by atoms with Crippen molar-refractivity contribution in [2.45, 2.75) is 25.7 Å². The quantitative estimate of drug-likeness (QED) is 0.388. The van der Waals surface area contributed by atoms with Gasteiger partial charge in [-0.1, -0.05) is 6.92 Å². The van der Waals surface area contributed by atoms with E-state index in [1.165, 1.54) is 0 Å². The van der Waals surface area contributed by atoms with Crippen LogP contribution in [-0.4, -0.2) is 33.0 Å². The third kappa shape index (κ3) is 3.12. The normalized spacial score (nSPS) is 15.3. The Hall–Kier alpha value is -0.160. The van der Waals surface area contributed by atoms with Gasteiger partial charge in [0.1, 0.15) is 0 Å². The summed E-state index contributed by atoms with van der Waals surface area (Å²) in [4.78, 5) is 0. The zero-order chi connectivity index (χ0) is 8.20. The molecule has 0 bridgehead atoms. The predicted molar refractivity (Wildman–Crippen MR) is 34.9 cm³/mol. The molecular weight excluding hydrogens is 136 g/mol. The first-order valence-corrected chi connectivity index (χ1v) is 3.30. The van der Waals surface area contributed by atoms with Gasteiger partial charge in [-0.25, -0.2) is 0 Å². The highest BCUT2D eigenvalue weighted by molar-refractivity contribution is 4.62. The third-order valence-electron chi connectivity index (χ3n) is 1.52. The average Bonchev–Trinajstić information content (AvgIpc) is 1.80. The molecular formula is C6H14O4. The molecule has 4 nitrogen and oxygen atoms in total. The van der Waals surface area contributed by atoms with E-state index in [0.717, 1.165) is 0 Å². The molecule has 62 valence electrons. The van der Waals surface area contributed by atoms with Crippen molar-refractivity contribution in [2.24, 2.45) is 5.92 Å². The average molecular weight is 150 g/mol. The summed E-state index contributed by atoms with van der Waals surface area (Å²) < 4.78 is 0. The maximum absolute atomic E-state index is 8.61. The van der Waals surface area contributed by atoms with Crippen molar-refractivity contribution in [2.75, 3.05) is 6.61 Å². The second-order valence-electron chi connectivity index (χ2n) is 2.30. The molecule has 10 heavy (non-hydrogen) atoms. The van der Waals surface area contributed by atoms with Gasteiger partial charge in [-0.2, -0.15) is 0 Å². The standard InChI is InChI=1S/C6H14O4/c1-2-5(3-4-7)6(8,9)10/h5,7-10H,2-4H2,1H3. The molecule has 0 saturated carbocycles. The third-order valence-corrected chi connectivity index (χ3v) is 1.52. The van der Waals surface area contributed by atoms with Crippen LogP contribution in [0.25, 0.3) is 0 Å². The van der Waals surface area contributed by atoms with E-state index in [0.29, 0.717) is 6.42 Å². The lowest BCUT2D eigenvalue weighted by atomic mass is 10.0. The van der Waals surface area contributed by atoms with Gasteiger partial charge in [-0.05, 0) is 12.8 Å². The van der Waals surface area contributed by atoms with Crippen LogP contribution in [0, 0.1) is 5.92 Å². The summed E-state index contributed by atoms with van der Waals surface area (Å²) in [7, 11) is 0. The molecule has 0 rings (SSSR count). The van der Waals surface area contributed by atoms with Gasteiger partial charge in [-0.15, -0.1) is 0 Å². The molecule has 0 aromatic heterocycles. The summed E-state index contributed by atoms with van der Waals surface area (Å²) in [5, 5.41) is 34.2. The number of hydrogen-bond acceptors (Lipinski definition) is 4. The number of aliphatic hydroxyl groups excluding tert-OH is 1. The van der Waals surface area contributed by atoms with Crippen LogP contribution in [0.2, 0.25) is 0 Å². The van der Waals surface area contributed by atoms with Crippen molar-refractivity contribution in [3.05, 3.63) is 0 Å². The smallest absolute Gasteiger partial charge is 0.278 e. The first-order valence-electron chi connectivity index (χ1n) is 3.30. The van der Waals surface area contributed by atoms with E-state index in [1.54, 1.807) is 6.92 Å². The minimum absolute atomic E-state index is 0.151. The summed E-state index contributed by atoms with van der Waals surface area (Å²) in [5.41, 5.74) is 0. The first-order chi connectivity index (χ1) is 4.52. The summed E-state index contributed by atoms with van der Waals surface area (Å²) in [6, 6.07) is 0. The Labute approximate surface area is 59.7 Å². The van der Waals surface area contributed by atoms with E-state index in [2.05, 4.69) is 0 Å². The van der Waals surface area contributed by atoms with Gasteiger partial charge < -0.3 is 20.4 Å². The minimum atomic E-state index is -2.64. The molecule has 1 unspecified atom stereocenters. The molecule has 0 aliphatic carbocycles. The van der Waals surface area contributed by atoms with Crippen LogP contribution in [-0.2, 0) is 0 Å². The Kier molecular flexibility index (Phi) is 3.81. The van der Waals surface area contributed by atoms with Gasteiger partial charge in [0, 0.05) is 12.5 Å². The van der Waals surface area contributed by atoms with E-state index in [4.69, 9.17) is 20.4 Å². The zero-order valence-corrected chi connectivity index (χ0v) is 5.99. The summed E-state index contributed by atoms with van der Waals surface area (Å²) in [6.07, 6.45) is 0.615. The van der Waals surface area contributed by atoms with E-state index in [-0.39, 0.29) is 13.0 Å². The van der Waals surface area contributed by atoms with Gasteiger partial charge in [0.05, 0.1) is 0 Å². The van der Waals surface area contributed by atoms with Crippen LogP contribution in [0.3, 0.4) is 0 Å². The number of aliphatic hydroxyl groups is 4. The fraction of sp³-hybridized carbons (Fsp3) is 1.00. The van der Waals surface area contributed by atoms with Gasteiger partial charge in [0.2, 0.25) is 0 Å². The molecule has 0 radical (unpaired) electrons. The summed E-state index contributed by atoms with van der Waals surface area (Å²) >= 11 is 0. The monoisotopic (exact) mass is 150 g/mol. The molecule has 4 N–H and O–H groups in total. The largest absolute Gasteiger partial charge is 0.396 e. The van der Waals surface area contributed by atoms with Gasteiger partial charge >= 0.3 is 0 Å². The van der Waals surface area contributed by atoms with E-state index >= 15 is 0 Å². The van der Waals surface area contributed by atoms with Crippen molar-refractivity contribution >= 4 is 0 Å². The molecule has 0 heterocycles. The van der Waals surface area contributed by atoms with Crippen LogP contribution in [0.15, 0.2) is 0 Å². The van der Waals surface area contributed by atoms with Crippen molar-refractivity contribution in [1.29, 1.82) is 0 Å². The van der Waals surface area contributed by atoms with Crippen molar-refractivity contribution in [3.63, 3.8) is 0 Å². The number of hydrogen-bond donors (Lipinski definition) is 4. The Balaban J connectivity index is 3.81. The highest BCUT2D eigenvalue weighted by atomic mass is 16.7. The maximum Gasteiger partial charge on any atom is 0.278 e. The van der Waals surface area contributed by atoms with E-state index < -0.39 is 11.9 Å². The maximum atomic E-state index is 8.61. The van der Waals surface area contributed by atoms with Crippen LogP contribution >= 0.6 is 0 Å². The Morgan fingerprint density at radius 3 is 1.90 bits per heavy atom. The van der Waals surface area contributed by atoms with Crippen molar-refractivity contribution < 1.29 is 20.4 Å². The highest BCUT2D eigenvalue weighted by Gasteiger charge is 2.29. The fourth-order valence-corrected chi connectivity index (χ4v) is 0.827. The first kappa shape index (κ1) is 9.84. The molecule has 0 saturated heterocycles. The predicted octanol–water partition coefficient (Wildman–Crippen LogP) is -0.974. The molecule has 0 aromatic carbocycles. The Bertz CT molecular complexity index is 86.2. The molecule has 0 fully saturated rings. The Morgan fingerprint density at radius 1 is 1.30 bits per heavy atom. The van der Waals surface area contributed by atoms with Gasteiger partial charge in [0.25, 0.3) is 5.97 Å². The van der Waals surface area contributed by atoms with Crippen LogP contribution < -0.4 is 0 Å². The SMILES string of the molecule is CCC(CCO)C(O)(O)O. The zero-order valence-electron chi connectivity index (χ0n) is 5.99. The Morgan fingerprint density at radius 2 is 1.80 bits per heavy atom. The van der Waals surface area contributed by atoms with Crippen LogP contribution in [0.4, 0.5) is 0 Å². The van der Waals surface area contributed by atoms with E-state index in [1.807, 2.05) is 0 Å². The molecule has 0 aromatic rings. The fourth-order valence-electron chi connectivity index (χ4n) is 0.827. The molecule has 4 heteroatoms. The minimum Gasteiger partial charge on any atom is -0.396 e. The number of rotatable bonds is 4. The lowest BCUT2D eigenvalue weighted by Gasteiger charge is -2.23. The van der Waals surface area contributed by atoms with Crippen LogP contribution in [0.5, 0.6) is 0 Å². The molecule has 0 aliphatic heterocycles. The van der Waals surface area contributed by atoms with Gasteiger partial charge in [-0.3, -0.25) is 0 Å². The second-order valence-corrected chi connectivity index (χ2v) is 2.30. The lowest BCUT2D eigenvalue weighted by Crippen LogP contribution is -2.37. The van der Waals surface area contributed by atoms with E-state index in [9.17, 15) is 0 Å². The lowest BCUT2D eigenvalue weighted by molar-refractivity contribution is -0.343. The molecule has 0 amide bonds.